The van der Waals surface area contributed by atoms with Crippen LogP contribution in [0.15, 0.2) is 24.3 Å². The fourth-order valence-corrected chi connectivity index (χ4v) is 11.3. The molecule has 1 unspecified atom stereocenters. The van der Waals surface area contributed by atoms with Crippen molar-refractivity contribution < 1.29 is 29.3 Å². The van der Waals surface area contributed by atoms with Crippen LogP contribution < -0.4 is 0 Å². The Morgan fingerprint density at radius 3 is 2.00 bits per heavy atom. The summed E-state index contributed by atoms with van der Waals surface area (Å²) < 4.78 is 10.7. The highest BCUT2D eigenvalue weighted by atomic mass is 16.5. The van der Waals surface area contributed by atoms with E-state index in [9.17, 15) is 19.8 Å². The van der Waals surface area contributed by atoms with Crippen LogP contribution in [-0.2, 0) is 19.1 Å². The van der Waals surface area contributed by atoms with E-state index >= 15 is 0 Å². The van der Waals surface area contributed by atoms with Gasteiger partial charge in [0.2, 0.25) is 0 Å². The first-order valence-corrected chi connectivity index (χ1v) is 19.2. The van der Waals surface area contributed by atoms with Gasteiger partial charge in [0.25, 0.3) is 0 Å². The van der Waals surface area contributed by atoms with E-state index in [4.69, 9.17) is 9.47 Å². The molecule has 0 heterocycles. The zero-order valence-corrected chi connectivity index (χ0v) is 30.6. The molecule has 0 amide bonds. The van der Waals surface area contributed by atoms with E-state index in [1.54, 1.807) is 0 Å². The maximum Gasteiger partial charge on any atom is 0.335 e. The molecule has 4 fully saturated rings. The molecule has 6 heteroatoms. The van der Waals surface area contributed by atoms with Crippen molar-refractivity contribution in [1.29, 1.82) is 0 Å². The fraction of sp³-hybridized carbons (Fsp3) is 0.854. The Balaban J connectivity index is 1.29. The lowest BCUT2D eigenvalue weighted by molar-refractivity contribution is -0.144. The van der Waals surface area contributed by atoms with Crippen LogP contribution in [0, 0.1) is 64.1 Å². The lowest BCUT2D eigenvalue weighted by atomic mass is 9.44. The third-order valence-electron chi connectivity index (χ3n) is 14.1. The predicted octanol–water partition coefficient (Wildman–Crippen LogP) is 8.69. The summed E-state index contributed by atoms with van der Waals surface area (Å²) in [4.78, 5) is 24.2. The molecule has 4 aliphatic rings. The molecule has 2 N–H and O–H groups in total. The molecule has 0 saturated heterocycles. The lowest BCUT2D eigenvalue weighted by Crippen LogP contribution is -2.53. The highest BCUT2D eigenvalue weighted by Gasteiger charge is 2.60. The molecule has 6 nitrogen and oxygen atoms in total. The Labute approximate surface area is 286 Å². The Bertz CT molecular complexity index is 1050. The van der Waals surface area contributed by atoms with Gasteiger partial charge >= 0.3 is 11.9 Å². The SMILES string of the molecule is C=C(CO)C(=O)OCC(CCC[C@H]1CC[C@@]2(C)[C@@H](CC[C@@H]3[C@@H]2CC[C@]2(C)C([C@H](C)CCCC(C)C)CC[C@@H]32)C1)COC(=O)C(=C)CO. The van der Waals surface area contributed by atoms with Gasteiger partial charge in [-0.15, -0.1) is 0 Å². The minimum Gasteiger partial charge on any atom is -0.462 e. The van der Waals surface area contributed by atoms with Gasteiger partial charge in [-0.05, 0) is 122 Å². The van der Waals surface area contributed by atoms with Gasteiger partial charge in [0.05, 0.1) is 37.6 Å². The van der Waals surface area contributed by atoms with Gasteiger partial charge in [-0.2, -0.15) is 0 Å². The molecule has 268 valence electrons. The lowest BCUT2D eigenvalue weighted by Gasteiger charge is -2.61. The summed E-state index contributed by atoms with van der Waals surface area (Å²) in [6, 6.07) is 0. The first kappa shape index (κ1) is 38.1. The number of carbonyl (C=O) groups excluding carboxylic acids is 2. The van der Waals surface area contributed by atoms with Crippen LogP contribution in [0.3, 0.4) is 0 Å². The van der Waals surface area contributed by atoms with Gasteiger partial charge in [0.15, 0.2) is 0 Å². The van der Waals surface area contributed by atoms with Crippen molar-refractivity contribution in [1.82, 2.24) is 0 Å². The summed E-state index contributed by atoms with van der Waals surface area (Å²) in [5, 5.41) is 18.4. The van der Waals surface area contributed by atoms with Crippen LogP contribution in [0.2, 0.25) is 0 Å². The minimum absolute atomic E-state index is 0.0105. The molecule has 4 saturated carbocycles. The van der Waals surface area contributed by atoms with E-state index < -0.39 is 25.2 Å². The Hall–Kier alpha value is -1.66. The summed E-state index contributed by atoms with van der Waals surface area (Å²) in [6.45, 7) is 19.1. The fourth-order valence-electron chi connectivity index (χ4n) is 11.3. The van der Waals surface area contributed by atoms with E-state index in [1.807, 2.05) is 0 Å². The van der Waals surface area contributed by atoms with Crippen molar-refractivity contribution in [3.05, 3.63) is 24.3 Å². The molecule has 47 heavy (non-hydrogen) atoms. The zero-order valence-electron chi connectivity index (χ0n) is 30.6. The quantitative estimate of drug-likeness (QED) is 0.120. The first-order valence-electron chi connectivity index (χ1n) is 19.2. The van der Waals surface area contributed by atoms with Gasteiger partial charge in [-0.3, -0.25) is 0 Å². The third-order valence-corrected chi connectivity index (χ3v) is 14.1. The number of hydrogen-bond donors (Lipinski definition) is 2. The second-order valence-electron chi connectivity index (χ2n) is 17.3. The number of aliphatic hydroxyl groups excluding tert-OH is 2. The standard InChI is InChI=1S/C41H68O6/c1-27(2)10-8-11-28(3)35-16-17-36-34-15-14-33-22-31(18-20-40(33,6)37(34)19-21-41(35,36)7)12-9-13-32(25-46-38(44)29(4)23-42)26-47-39(45)30(5)24-43/h27-28,31-37,42-43H,4-5,8-26H2,1-3,6-7H3/t28-,31+,33+,34+,35?,36+,37+,40+,41-/m1/s1. The number of rotatable bonds is 17. The topological polar surface area (TPSA) is 93.1 Å². The zero-order chi connectivity index (χ0) is 34.4. The largest absolute Gasteiger partial charge is 0.462 e. The monoisotopic (exact) mass is 657 g/mol. The van der Waals surface area contributed by atoms with E-state index in [0.29, 0.717) is 10.8 Å². The second kappa shape index (κ2) is 16.8. The second-order valence-corrected chi connectivity index (χ2v) is 17.3. The highest BCUT2D eigenvalue weighted by Crippen LogP contribution is 2.68. The van der Waals surface area contributed by atoms with Crippen LogP contribution in [0.1, 0.15) is 131 Å². The molecule has 0 aliphatic heterocycles. The van der Waals surface area contributed by atoms with Gasteiger partial charge < -0.3 is 19.7 Å². The Kier molecular flexibility index (Phi) is 13.7. The summed E-state index contributed by atoms with van der Waals surface area (Å²) in [6.07, 6.45) is 19.7. The molecule has 0 aromatic rings. The summed E-state index contributed by atoms with van der Waals surface area (Å²) in [7, 11) is 0. The van der Waals surface area contributed by atoms with Crippen molar-refractivity contribution in [2.24, 2.45) is 64.1 Å². The van der Waals surface area contributed by atoms with Crippen molar-refractivity contribution in [2.75, 3.05) is 26.4 Å². The van der Waals surface area contributed by atoms with Gasteiger partial charge in [0, 0.05) is 5.92 Å². The van der Waals surface area contributed by atoms with Gasteiger partial charge in [0.1, 0.15) is 0 Å². The van der Waals surface area contributed by atoms with Gasteiger partial charge in [-0.1, -0.05) is 79.9 Å². The highest BCUT2D eigenvalue weighted by molar-refractivity contribution is 5.88. The average molecular weight is 657 g/mol. The summed E-state index contributed by atoms with van der Waals surface area (Å²) >= 11 is 0. The first-order chi connectivity index (χ1) is 22.3. The number of aliphatic hydroxyl groups is 2. The maximum atomic E-state index is 12.1. The van der Waals surface area contributed by atoms with Crippen LogP contribution in [-0.4, -0.2) is 48.6 Å². The number of ether oxygens (including phenoxy) is 2. The maximum absolute atomic E-state index is 12.1. The molecule has 0 spiro atoms. The van der Waals surface area contributed by atoms with Crippen LogP contribution in [0.4, 0.5) is 0 Å². The van der Waals surface area contributed by atoms with Crippen LogP contribution >= 0.6 is 0 Å². The molecule has 9 atom stereocenters. The Morgan fingerprint density at radius 2 is 1.38 bits per heavy atom. The van der Waals surface area contributed by atoms with Crippen molar-refractivity contribution in [3.63, 3.8) is 0 Å². The molecule has 0 bridgehead atoms. The molecular weight excluding hydrogens is 588 g/mol. The normalized spacial score (nSPS) is 33.9. The van der Waals surface area contributed by atoms with Crippen LogP contribution in [0.5, 0.6) is 0 Å². The van der Waals surface area contributed by atoms with Gasteiger partial charge in [-0.25, -0.2) is 9.59 Å². The summed E-state index contributed by atoms with van der Waals surface area (Å²) in [5.41, 5.74) is 1.05. The molecule has 0 aromatic heterocycles. The number of fused-ring (bicyclic) bond motifs is 5. The van der Waals surface area contributed by atoms with Crippen LogP contribution in [0.25, 0.3) is 0 Å². The predicted molar refractivity (Wildman–Crippen MR) is 188 cm³/mol. The van der Waals surface area contributed by atoms with E-state index in [0.717, 1.165) is 66.6 Å². The van der Waals surface area contributed by atoms with Crippen molar-refractivity contribution in [3.8, 4) is 0 Å². The smallest absolute Gasteiger partial charge is 0.335 e. The van der Waals surface area contributed by atoms with Crippen molar-refractivity contribution >= 4 is 11.9 Å². The number of esters is 2. The molecule has 0 aromatic carbocycles. The summed E-state index contributed by atoms with van der Waals surface area (Å²) in [5.74, 6) is 5.48. The molecule has 0 radical (unpaired) electrons. The molecule has 4 aliphatic carbocycles. The third kappa shape index (κ3) is 8.93. The van der Waals surface area contributed by atoms with Crippen molar-refractivity contribution in [2.45, 2.75) is 131 Å². The minimum atomic E-state index is -0.627. The van der Waals surface area contributed by atoms with E-state index in [-0.39, 0.29) is 30.3 Å². The average Bonchev–Trinajstić information content (AvgIpc) is 3.41. The Morgan fingerprint density at radius 1 is 0.766 bits per heavy atom. The van der Waals surface area contributed by atoms with E-state index in [1.165, 1.54) is 77.0 Å². The number of hydrogen-bond acceptors (Lipinski definition) is 6. The van der Waals surface area contributed by atoms with E-state index in [2.05, 4.69) is 47.8 Å². The number of carbonyl (C=O) groups is 2. The molecular formula is C41H68O6. The molecule has 4 rings (SSSR count).